The van der Waals surface area contributed by atoms with Gasteiger partial charge >= 0.3 is 0 Å². The molecule has 1 fully saturated rings. The van der Waals surface area contributed by atoms with Crippen molar-refractivity contribution in [1.29, 1.82) is 0 Å². The zero-order valence-corrected chi connectivity index (χ0v) is 17.3. The van der Waals surface area contributed by atoms with E-state index in [1.807, 2.05) is 37.3 Å². The van der Waals surface area contributed by atoms with Gasteiger partial charge in [0.25, 0.3) is 5.91 Å². The Morgan fingerprint density at radius 2 is 2.00 bits per heavy atom. The summed E-state index contributed by atoms with van der Waals surface area (Å²) in [4.78, 5) is 27.5. The number of rotatable bonds is 4. The molecule has 1 unspecified atom stereocenters. The molecule has 0 aliphatic carbocycles. The van der Waals surface area contributed by atoms with E-state index >= 15 is 0 Å². The molecular formula is C21H19ClN4O2S. The second kappa shape index (κ2) is 8.31. The number of benzene rings is 2. The van der Waals surface area contributed by atoms with E-state index in [1.54, 1.807) is 23.1 Å². The molecule has 2 heterocycles. The third kappa shape index (κ3) is 4.16. The number of carbonyl (C=O) groups is 2. The van der Waals surface area contributed by atoms with Crippen molar-refractivity contribution >= 4 is 39.9 Å². The number of hydrogen-bond acceptors (Lipinski definition) is 5. The Morgan fingerprint density at radius 1 is 1.17 bits per heavy atom. The molecule has 1 atom stereocenters. The van der Waals surface area contributed by atoms with Crippen LogP contribution in [0.25, 0.3) is 10.6 Å². The van der Waals surface area contributed by atoms with Crippen molar-refractivity contribution in [3.05, 3.63) is 64.7 Å². The van der Waals surface area contributed by atoms with Crippen LogP contribution in [-0.4, -0.2) is 39.5 Å². The van der Waals surface area contributed by atoms with Crippen LogP contribution < -0.4 is 5.32 Å². The van der Waals surface area contributed by atoms with Gasteiger partial charge in [-0.1, -0.05) is 53.3 Å². The maximum Gasteiger partial charge on any atom is 0.254 e. The summed E-state index contributed by atoms with van der Waals surface area (Å²) in [7, 11) is 0. The van der Waals surface area contributed by atoms with E-state index in [9.17, 15) is 9.59 Å². The van der Waals surface area contributed by atoms with Gasteiger partial charge in [0.1, 0.15) is 11.0 Å². The molecule has 6 nitrogen and oxygen atoms in total. The first-order chi connectivity index (χ1) is 14.0. The van der Waals surface area contributed by atoms with E-state index in [2.05, 4.69) is 15.5 Å². The van der Waals surface area contributed by atoms with E-state index in [1.165, 1.54) is 11.3 Å². The van der Waals surface area contributed by atoms with Crippen molar-refractivity contribution in [2.45, 2.75) is 25.8 Å². The number of nitrogens with one attached hydrogen (secondary N) is 1. The minimum absolute atomic E-state index is 0.113. The molecular weight excluding hydrogens is 408 g/mol. The Kier molecular flexibility index (Phi) is 5.60. The molecule has 1 aliphatic heterocycles. The van der Waals surface area contributed by atoms with E-state index in [0.29, 0.717) is 33.7 Å². The normalized spacial score (nSPS) is 16.1. The molecule has 2 aromatic carbocycles. The van der Waals surface area contributed by atoms with Crippen LogP contribution in [0.15, 0.2) is 48.5 Å². The summed E-state index contributed by atoms with van der Waals surface area (Å²) in [5.74, 6) is -0.351. The second-order valence-corrected chi connectivity index (χ2v) is 8.30. The maximum atomic E-state index is 13.0. The molecule has 1 N–H and O–H groups in total. The molecule has 0 bridgehead atoms. The number of likely N-dealkylation sites (tertiary alicyclic amines) is 1. The van der Waals surface area contributed by atoms with Crippen LogP contribution in [0, 0.1) is 6.92 Å². The predicted molar refractivity (Wildman–Crippen MR) is 114 cm³/mol. The molecule has 4 rings (SSSR count). The van der Waals surface area contributed by atoms with Crippen molar-refractivity contribution in [2.24, 2.45) is 0 Å². The van der Waals surface area contributed by atoms with E-state index in [-0.39, 0.29) is 11.8 Å². The van der Waals surface area contributed by atoms with Crippen LogP contribution >= 0.6 is 22.9 Å². The van der Waals surface area contributed by atoms with E-state index in [0.717, 1.165) is 17.5 Å². The van der Waals surface area contributed by atoms with Gasteiger partial charge in [-0.2, -0.15) is 0 Å². The zero-order valence-electron chi connectivity index (χ0n) is 15.8. The van der Waals surface area contributed by atoms with Gasteiger partial charge in [0, 0.05) is 22.7 Å². The average Bonchev–Trinajstić information content (AvgIpc) is 3.37. The number of aryl methyl sites for hydroxylation is 1. The molecule has 0 saturated carbocycles. The number of carbonyl (C=O) groups excluding carboxylic acids is 2. The smallest absolute Gasteiger partial charge is 0.254 e. The van der Waals surface area contributed by atoms with Gasteiger partial charge in [-0.25, -0.2) is 0 Å². The highest BCUT2D eigenvalue weighted by Crippen LogP contribution is 2.29. The zero-order chi connectivity index (χ0) is 20.4. The summed E-state index contributed by atoms with van der Waals surface area (Å²) in [6, 6.07) is 14.2. The van der Waals surface area contributed by atoms with Crippen LogP contribution in [0.2, 0.25) is 5.02 Å². The molecule has 2 amide bonds. The Balaban J connectivity index is 1.48. The van der Waals surface area contributed by atoms with Gasteiger partial charge in [0.15, 0.2) is 0 Å². The van der Waals surface area contributed by atoms with Crippen molar-refractivity contribution in [2.75, 3.05) is 11.9 Å². The SMILES string of the molecule is Cc1ccccc1C(=O)N1CCCC1C(=O)Nc1nnc(-c2cccc(Cl)c2)s1. The Bertz CT molecular complexity index is 1070. The van der Waals surface area contributed by atoms with Gasteiger partial charge in [0.2, 0.25) is 11.0 Å². The highest BCUT2D eigenvalue weighted by Gasteiger charge is 2.35. The van der Waals surface area contributed by atoms with Crippen LogP contribution in [0.4, 0.5) is 5.13 Å². The van der Waals surface area contributed by atoms with Crippen molar-refractivity contribution in [3.8, 4) is 10.6 Å². The minimum Gasteiger partial charge on any atom is -0.327 e. The average molecular weight is 427 g/mol. The van der Waals surface area contributed by atoms with Crippen LogP contribution in [-0.2, 0) is 4.79 Å². The highest BCUT2D eigenvalue weighted by atomic mass is 35.5. The van der Waals surface area contributed by atoms with Crippen LogP contribution in [0.3, 0.4) is 0 Å². The van der Waals surface area contributed by atoms with Gasteiger partial charge in [0.05, 0.1) is 0 Å². The fourth-order valence-electron chi connectivity index (χ4n) is 3.45. The van der Waals surface area contributed by atoms with Gasteiger partial charge in [-0.15, -0.1) is 10.2 Å². The second-order valence-electron chi connectivity index (χ2n) is 6.88. The molecule has 1 aromatic heterocycles. The fourth-order valence-corrected chi connectivity index (χ4v) is 4.38. The lowest BCUT2D eigenvalue weighted by molar-refractivity contribution is -0.119. The molecule has 0 radical (unpaired) electrons. The van der Waals surface area contributed by atoms with Crippen molar-refractivity contribution in [1.82, 2.24) is 15.1 Å². The first-order valence-electron chi connectivity index (χ1n) is 9.30. The minimum atomic E-state index is -0.513. The molecule has 1 aliphatic rings. The Hall–Kier alpha value is -2.77. The fraction of sp³-hybridized carbons (Fsp3) is 0.238. The largest absolute Gasteiger partial charge is 0.327 e. The maximum absolute atomic E-state index is 13.0. The summed E-state index contributed by atoms with van der Waals surface area (Å²) in [5.41, 5.74) is 2.37. The van der Waals surface area contributed by atoms with Crippen LogP contribution in [0.1, 0.15) is 28.8 Å². The highest BCUT2D eigenvalue weighted by molar-refractivity contribution is 7.18. The lowest BCUT2D eigenvalue weighted by Gasteiger charge is -2.24. The molecule has 0 spiro atoms. The molecule has 3 aromatic rings. The standard InChI is InChI=1S/C21H19ClN4O2S/c1-13-6-2-3-9-16(13)20(28)26-11-5-10-17(26)18(27)23-21-25-24-19(29-21)14-7-4-8-15(22)12-14/h2-4,6-9,12,17H,5,10-11H2,1H3,(H,23,25,27). The third-order valence-corrected chi connectivity index (χ3v) is 6.04. The number of nitrogens with zero attached hydrogens (tertiary/aromatic N) is 3. The molecule has 8 heteroatoms. The topological polar surface area (TPSA) is 75.2 Å². The Morgan fingerprint density at radius 3 is 2.79 bits per heavy atom. The number of halogens is 1. The first-order valence-corrected chi connectivity index (χ1v) is 10.5. The van der Waals surface area contributed by atoms with E-state index < -0.39 is 6.04 Å². The summed E-state index contributed by atoms with van der Waals surface area (Å²) < 4.78 is 0. The summed E-state index contributed by atoms with van der Waals surface area (Å²) in [6.45, 7) is 2.46. The number of anilines is 1. The summed E-state index contributed by atoms with van der Waals surface area (Å²) in [6.07, 6.45) is 1.42. The molecule has 1 saturated heterocycles. The predicted octanol–water partition coefficient (Wildman–Crippen LogP) is 4.41. The third-order valence-electron chi connectivity index (χ3n) is 4.92. The van der Waals surface area contributed by atoms with Gasteiger partial charge in [-0.3, -0.25) is 14.9 Å². The molecule has 148 valence electrons. The van der Waals surface area contributed by atoms with Gasteiger partial charge in [-0.05, 0) is 43.5 Å². The van der Waals surface area contributed by atoms with Gasteiger partial charge < -0.3 is 4.90 Å². The first kappa shape index (κ1) is 19.5. The summed E-state index contributed by atoms with van der Waals surface area (Å²) >= 11 is 7.30. The van der Waals surface area contributed by atoms with Crippen molar-refractivity contribution in [3.63, 3.8) is 0 Å². The van der Waals surface area contributed by atoms with Crippen LogP contribution in [0.5, 0.6) is 0 Å². The quantitative estimate of drug-likeness (QED) is 0.670. The van der Waals surface area contributed by atoms with E-state index in [4.69, 9.17) is 11.6 Å². The monoisotopic (exact) mass is 426 g/mol. The lowest BCUT2D eigenvalue weighted by atomic mass is 10.1. The Labute approximate surface area is 177 Å². The molecule has 29 heavy (non-hydrogen) atoms. The number of aromatic nitrogens is 2. The number of hydrogen-bond donors (Lipinski definition) is 1. The van der Waals surface area contributed by atoms with Crippen molar-refractivity contribution < 1.29 is 9.59 Å². The summed E-state index contributed by atoms with van der Waals surface area (Å²) in [5, 5.41) is 12.7. The number of amides is 2. The lowest BCUT2D eigenvalue weighted by Crippen LogP contribution is -2.43.